The van der Waals surface area contributed by atoms with Gasteiger partial charge < -0.3 is 4.74 Å². The number of aryl methyl sites for hydroxylation is 1. The summed E-state index contributed by atoms with van der Waals surface area (Å²) in [5, 5.41) is 10.3. The van der Waals surface area contributed by atoms with Crippen molar-refractivity contribution in [3.8, 4) is 0 Å². The van der Waals surface area contributed by atoms with E-state index in [1.807, 2.05) is 6.08 Å². The van der Waals surface area contributed by atoms with E-state index >= 15 is 0 Å². The Hall–Kier alpha value is -2.62. The summed E-state index contributed by atoms with van der Waals surface area (Å²) in [6.45, 7) is 7.90. The first-order valence-corrected chi connectivity index (χ1v) is 9.88. The number of aliphatic imine (C=N–C) groups is 1. The topological polar surface area (TPSA) is 97.3 Å². The van der Waals surface area contributed by atoms with Gasteiger partial charge in [0, 0.05) is 18.2 Å². The molecule has 2 aromatic heterocycles. The van der Waals surface area contributed by atoms with Crippen LogP contribution in [0.4, 0.5) is 0 Å². The molecule has 3 heterocycles. The Balaban J connectivity index is 2.18. The third-order valence-corrected chi connectivity index (χ3v) is 4.60. The molecule has 28 heavy (non-hydrogen) atoms. The van der Waals surface area contributed by atoms with E-state index in [1.165, 1.54) is 0 Å². The fourth-order valence-corrected chi connectivity index (χ4v) is 3.54. The van der Waals surface area contributed by atoms with E-state index in [-0.39, 0.29) is 19.2 Å². The van der Waals surface area contributed by atoms with E-state index in [2.05, 4.69) is 54.7 Å². The van der Waals surface area contributed by atoms with Gasteiger partial charge in [0.15, 0.2) is 5.65 Å². The highest BCUT2D eigenvalue weighted by atomic mass is 79.9. The van der Waals surface area contributed by atoms with Gasteiger partial charge in [-0.15, -0.1) is 5.10 Å². The summed E-state index contributed by atoms with van der Waals surface area (Å²) in [5.41, 5.74) is 2.82. The number of hydrogen-bond acceptors (Lipinski definition) is 8. The molecule has 0 aromatic carbocycles. The molecule has 0 aliphatic carbocycles. The number of hydrazone groups is 1. The van der Waals surface area contributed by atoms with Crippen molar-refractivity contribution in [2.24, 2.45) is 10.1 Å². The standard InChI is InChI=1S/C18H22BrN7O2/c1-4-7-12-15(21-11-26-16(12)23-18(19)24-26)14(17(27)28-5-2)13-8-6-9-22-25(13)10-20-3/h8-9,11,14H,3-7,10H2,1-2H3. The average Bonchev–Trinajstić information content (AvgIpc) is 3.06. The van der Waals surface area contributed by atoms with Crippen molar-refractivity contribution in [2.45, 2.75) is 39.0 Å². The van der Waals surface area contributed by atoms with Gasteiger partial charge in [0.1, 0.15) is 18.9 Å². The predicted molar refractivity (Wildman–Crippen MR) is 109 cm³/mol. The van der Waals surface area contributed by atoms with Gasteiger partial charge in [-0.25, -0.2) is 19.5 Å². The predicted octanol–water partition coefficient (Wildman–Crippen LogP) is 2.72. The molecule has 1 aliphatic rings. The Labute approximate surface area is 171 Å². The van der Waals surface area contributed by atoms with Gasteiger partial charge in [-0.1, -0.05) is 19.4 Å². The van der Waals surface area contributed by atoms with Gasteiger partial charge in [-0.05, 0) is 36.0 Å². The van der Waals surface area contributed by atoms with Crippen LogP contribution in [-0.4, -0.2) is 56.8 Å². The largest absolute Gasteiger partial charge is 0.465 e. The Bertz CT molecular complexity index is 937. The van der Waals surface area contributed by atoms with Crippen molar-refractivity contribution >= 4 is 40.5 Å². The second-order valence-corrected chi connectivity index (χ2v) is 6.83. The third-order valence-electron chi connectivity index (χ3n) is 4.27. The lowest BCUT2D eigenvalue weighted by Gasteiger charge is -2.29. The number of carbonyl (C=O) groups is 1. The van der Waals surface area contributed by atoms with Crippen LogP contribution in [0.1, 0.15) is 43.9 Å². The Morgan fingerprint density at radius 3 is 3.00 bits per heavy atom. The van der Waals surface area contributed by atoms with Crippen molar-refractivity contribution in [3.05, 3.63) is 34.1 Å². The Kier molecular flexibility index (Phi) is 6.50. The molecule has 10 heteroatoms. The van der Waals surface area contributed by atoms with Crippen molar-refractivity contribution in [1.82, 2.24) is 24.6 Å². The molecular weight excluding hydrogens is 426 g/mol. The van der Waals surface area contributed by atoms with Crippen molar-refractivity contribution in [3.63, 3.8) is 0 Å². The summed E-state index contributed by atoms with van der Waals surface area (Å²) >= 11 is 3.31. The molecule has 9 nitrogen and oxygen atoms in total. The highest BCUT2D eigenvalue weighted by Crippen LogP contribution is 2.33. The number of halogens is 1. The summed E-state index contributed by atoms with van der Waals surface area (Å²) in [4.78, 5) is 26.0. The maximum atomic E-state index is 13.0. The van der Waals surface area contributed by atoms with Crippen molar-refractivity contribution in [2.75, 3.05) is 13.3 Å². The first-order valence-electron chi connectivity index (χ1n) is 9.09. The van der Waals surface area contributed by atoms with E-state index in [1.54, 1.807) is 29.0 Å². The number of rotatable bonds is 8. The summed E-state index contributed by atoms with van der Waals surface area (Å²) in [6.07, 6.45) is 7.45. The molecule has 0 saturated heterocycles. The molecular formula is C18H22BrN7O2. The van der Waals surface area contributed by atoms with E-state index in [9.17, 15) is 4.79 Å². The maximum Gasteiger partial charge on any atom is 0.321 e. The van der Waals surface area contributed by atoms with Crippen molar-refractivity contribution in [1.29, 1.82) is 0 Å². The van der Waals surface area contributed by atoms with Crippen LogP contribution in [0.5, 0.6) is 0 Å². The minimum absolute atomic E-state index is 0.236. The number of esters is 1. The molecule has 0 bridgehead atoms. The van der Waals surface area contributed by atoms with Gasteiger partial charge in [-0.3, -0.25) is 9.79 Å². The van der Waals surface area contributed by atoms with Crippen LogP contribution in [0.25, 0.3) is 5.65 Å². The Morgan fingerprint density at radius 1 is 1.46 bits per heavy atom. The summed E-state index contributed by atoms with van der Waals surface area (Å²) in [7, 11) is 0. The maximum absolute atomic E-state index is 13.0. The molecule has 148 valence electrons. The highest BCUT2D eigenvalue weighted by Gasteiger charge is 2.34. The van der Waals surface area contributed by atoms with Gasteiger partial charge in [0.05, 0.1) is 18.0 Å². The van der Waals surface area contributed by atoms with Gasteiger partial charge in [0.25, 0.3) is 0 Å². The minimum Gasteiger partial charge on any atom is -0.465 e. The van der Waals surface area contributed by atoms with Crippen LogP contribution in [-0.2, 0) is 16.0 Å². The fraction of sp³-hybridized carbons (Fsp3) is 0.444. The van der Waals surface area contributed by atoms with E-state index in [0.717, 1.165) is 12.0 Å². The van der Waals surface area contributed by atoms with Crippen LogP contribution in [0.2, 0.25) is 0 Å². The van der Waals surface area contributed by atoms with Gasteiger partial charge >= 0.3 is 5.97 Å². The van der Waals surface area contributed by atoms with Crippen LogP contribution in [0.3, 0.4) is 0 Å². The van der Waals surface area contributed by atoms with Crippen LogP contribution in [0, 0.1) is 0 Å². The SMILES string of the molecule is C=NCN1N=CCC=C1C(C(=O)OCC)c1ncn2nc(Br)nc2c1CCC. The Morgan fingerprint density at radius 2 is 2.29 bits per heavy atom. The lowest BCUT2D eigenvalue weighted by atomic mass is 9.93. The molecule has 0 spiro atoms. The number of hydrogen-bond donors (Lipinski definition) is 0. The average molecular weight is 448 g/mol. The molecule has 2 aromatic rings. The van der Waals surface area contributed by atoms with Crippen LogP contribution >= 0.6 is 15.9 Å². The minimum atomic E-state index is -0.735. The number of carbonyl (C=O) groups excluding carboxylic acids is 1. The highest BCUT2D eigenvalue weighted by molar-refractivity contribution is 9.10. The van der Waals surface area contributed by atoms with Crippen LogP contribution in [0.15, 0.2) is 32.9 Å². The number of fused-ring (bicyclic) bond motifs is 1. The van der Waals surface area contributed by atoms with Gasteiger partial charge in [0.2, 0.25) is 4.73 Å². The number of allylic oxidation sites excluding steroid dienone is 1. The second-order valence-electron chi connectivity index (χ2n) is 6.12. The first-order chi connectivity index (χ1) is 13.6. The number of aromatic nitrogens is 4. The lowest BCUT2D eigenvalue weighted by molar-refractivity contribution is -0.144. The molecule has 0 saturated carbocycles. The zero-order valence-corrected chi connectivity index (χ0v) is 17.5. The normalized spacial score (nSPS) is 14.8. The molecule has 0 fully saturated rings. The number of nitrogens with zero attached hydrogens (tertiary/aromatic N) is 7. The molecule has 0 N–H and O–H groups in total. The fourth-order valence-electron chi connectivity index (χ4n) is 3.20. The van der Waals surface area contributed by atoms with Crippen LogP contribution < -0.4 is 0 Å². The molecule has 1 aliphatic heterocycles. The molecule has 1 atom stereocenters. The monoisotopic (exact) mass is 447 g/mol. The number of ether oxygens (including phenoxy) is 1. The third kappa shape index (κ3) is 3.96. The van der Waals surface area contributed by atoms with E-state index in [4.69, 9.17) is 4.74 Å². The van der Waals surface area contributed by atoms with Crippen molar-refractivity contribution < 1.29 is 9.53 Å². The smallest absolute Gasteiger partial charge is 0.321 e. The first kappa shape index (κ1) is 20.1. The molecule has 0 radical (unpaired) electrons. The molecule has 3 rings (SSSR count). The quantitative estimate of drug-likeness (QED) is 0.455. The zero-order chi connectivity index (χ0) is 20.1. The zero-order valence-electron chi connectivity index (χ0n) is 15.9. The summed E-state index contributed by atoms with van der Waals surface area (Å²) in [5.74, 6) is -1.12. The van der Waals surface area contributed by atoms with E-state index in [0.29, 0.717) is 34.6 Å². The molecule has 0 amide bonds. The second kappa shape index (κ2) is 9.05. The summed E-state index contributed by atoms with van der Waals surface area (Å²) < 4.78 is 7.47. The van der Waals surface area contributed by atoms with Gasteiger partial charge in [-0.2, -0.15) is 5.10 Å². The summed E-state index contributed by atoms with van der Waals surface area (Å²) in [6, 6.07) is 0. The lowest BCUT2D eigenvalue weighted by Crippen LogP contribution is -2.31. The van der Waals surface area contributed by atoms with E-state index < -0.39 is 5.92 Å². The molecule has 1 unspecified atom stereocenters.